The second-order valence-corrected chi connectivity index (χ2v) is 7.12. The highest BCUT2D eigenvalue weighted by molar-refractivity contribution is 5.81. The molecule has 0 radical (unpaired) electrons. The van der Waals surface area contributed by atoms with Crippen molar-refractivity contribution in [3.8, 4) is 11.3 Å². The fraction of sp³-hybridized carbons (Fsp3) is 0.174. The maximum Gasteiger partial charge on any atom is 0.143 e. The molecule has 0 saturated heterocycles. The molecule has 0 aliphatic heterocycles. The van der Waals surface area contributed by atoms with Gasteiger partial charge in [-0.1, -0.05) is 30.3 Å². The van der Waals surface area contributed by atoms with E-state index in [0.29, 0.717) is 0 Å². The van der Waals surface area contributed by atoms with Gasteiger partial charge in [-0.3, -0.25) is 4.40 Å². The number of fused-ring (bicyclic) bond motifs is 1. The molecule has 4 rings (SSSR count). The largest absolute Gasteiger partial charge is 0.378 e. The number of nitrogens with one attached hydrogen (secondary N) is 1. The van der Waals surface area contributed by atoms with Gasteiger partial charge >= 0.3 is 0 Å². The Kier molecular flexibility index (Phi) is 4.32. The summed E-state index contributed by atoms with van der Waals surface area (Å²) >= 11 is 0. The highest BCUT2D eigenvalue weighted by Crippen LogP contribution is 2.33. The summed E-state index contributed by atoms with van der Waals surface area (Å²) in [5.41, 5.74) is 7.65. The molecule has 0 fully saturated rings. The lowest BCUT2D eigenvalue weighted by molar-refractivity contribution is 1.13. The van der Waals surface area contributed by atoms with Gasteiger partial charge in [0, 0.05) is 37.2 Å². The van der Waals surface area contributed by atoms with Crippen molar-refractivity contribution in [3.05, 3.63) is 78.0 Å². The van der Waals surface area contributed by atoms with E-state index in [-0.39, 0.29) is 0 Å². The van der Waals surface area contributed by atoms with Crippen molar-refractivity contribution in [2.75, 3.05) is 24.3 Å². The van der Waals surface area contributed by atoms with Crippen LogP contribution in [0.1, 0.15) is 11.1 Å². The molecule has 0 saturated carbocycles. The fourth-order valence-electron chi connectivity index (χ4n) is 3.23. The molecule has 1 N–H and O–H groups in total. The number of pyridine rings is 1. The van der Waals surface area contributed by atoms with Crippen molar-refractivity contribution in [3.63, 3.8) is 0 Å². The summed E-state index contributed by atoms with van der Waals surface area (Å²) < 4.78 is 2.12. The van der Waals surface area contributed by atoms with Crippen LogP contribution in [0.15, 0.2) is 66.9 Å². The minimum absolute atomic E-state index is 0.942. The van der Waals surface area contributed by atoms with Gasteiger partial charge < -0.3 is 10.2 Å². The molecule has 4 heteroatoms. The molecule has 0 aliphatic rings. The topological polar surface area (TPSA) is 32.6 Å². The minimum Gasteiger partial charge on any atom is -0.378 e. The van der Waals surface area contributed by atoms with Crippen molar-refractivity contribution in [1.29, 1.82) is 0 Å². The average Bonchev–Trinajstić information content (AvgIpc) is 3.01. The van der Waals surface area contributed by atoms with E-state index in [1.807, 2.05) is 20.2 Å². The van der Waals surface area contributed by atoms with Gasteiger partial charge in [-0.2, -0.15) is 0 Å². The first-order chi connectivity index (χ1) is 13.0. The van der Waals surface area contributed by atoms with E-state index in [9.17, 15) is 0 Å². The van der Waals surface area contributed by atoms with Gasteiger partial charge in [0.25, 0.3) is 0 Å². The second kappa shape index (κ2) is 6.80. The van der Waals surface area contributed by atoms with Gasteiger partial charge in [-0.05, 0) is 55.3 Å². The molecule has 0 unspecified atom stereocenters. The monoisotopic (exact) mass is 356 g/mol. The summed E-state index contributed by atoms with van der Waals surface area (Å²) in [6, 6.07) is 21.1. The van der Waals surface area contributed by atoms with Gasteiger partial charge in [0.05, 0.1) is 0 Å². The van der Waals surface area contributed by atoms with Crippen LogP contribution in [0.3, 0.4) is 0 Å². The Morgan fingerprint density at radius 1 is 0.926 bits per heavy atom. The van der Waals surface area contributed by atoms with Crippen LogP contribution in [-0.4, -0.2) is 23.5 Å². The van der Waals surface area contributed by atoms with E-state index in [2.05, 4.69) is 89.3 Å². The zero-order chi connectivity index (χ0) is 19.0. The number of nitrogens with zero attached hydrogens (tertiary/aromatic N) is 3. The van der Waals surface area contributed by atoms with E-state index in [4.69, 9.17) is 4.98 Å². The molecule has 2 heterocycles. The van der Waals surface area contributed by atoms with E-state index < -0.39 is 0 Å². The van der Waals surface area contributed by atoms with Crippen molar-refractivity contribution in [2.45, 2.75) is 13.8 Å². The molecule has 4 aromatic rings. The van der Waals surface area contributed by atoms with Gasteiger partial charge in [-0.25, -0.2) is 4.98 Å². The molecule has 0 atom stereocenters. The third-order valence-electron chi connectivity index (χ3n) is 4.84. The number of hydrogen-bond acceptors (Lipinski definition) is 3. The molecule has 27 heavy (non-hydrogen) atoms. The first-order valence-corrected chi connectivity index (χ1v) is 9.12. The zero-order valence-corrected chi connectivity index (χ0v) is 16.2. The van der Waals surface area contributed by atoms with Crippen molar-refractivity contribution < 1.29 is 0 Å². The lowest BCUT2D eigenvalue weighted by Crippen LogP contribution is -2.08. The van der Waals surface area contributed by atoms with Crippen LogP contribution >= 0.6 is 0 Å². The van der Waals surface area contributed by atoms with Crippen molar-refractivity contribution >= 4 is 22.8 Å². The predicted octanol–water partition coefficient (Wildman–Crippen LogP) is 5.43. The summed E-state index contributed by atoms with van der Waals surface area (Å²) in [6.45, 7) is 4.20. The molecular formula is C23H24N4. The van der Waals surface area contributed by atoms with Crippen LogP contribution in [0.25, 0.3) is 16.9 Å². The standard InChI is InChI=1S/C23H24N4/c1-16-13-14-27-21(15-16)25-22(18-9-11-19(12-10-18)26(3)4)23(27)24-20-8-6-5-7-17(20)2/h5-15,24H,1-4H3. The minimum atomic E-state index is 0.942. The normalized spacial score (nSPS) is 11.0. The van der Waals surface area contributed by atoms with Crippen LogP contribution in [-0.2, 0) is 0 Å². The summed E-state index contributed by atoms with van der Waals surface area (Å²) in [6.07, 6.45) is 2.08. The molecule has 0 spiro atoms. The third kappa shape index (κ3) is 3.26. The Morgan fingerprint density at radius 3 is 2.37 bits per heavy atom. The Bertz CT molecular complexity index is 1090. The Labute approximate surface area is 160 Å². The first-order valence-electron chi connectivity index (χ1n) is 9.12. The highest BCUT2D eigenvalue weighted by atomic mass is 15.1. The Morgan fingerprint density at radius 2 is 1.67 bits per heavy atom. The second-order valence-electron chi connectivity index (χ2n) is 7.12. The lowest BCUT2D eigenvalue weighted by atomic mass is 10.1. The number of benzene rings is 2. The molecule has 0 amide bonds. The number of anilines is 3. The predicted molar refractivity (Wildman–Crippen MR) is 114 cm³/mol. The van der Waals surface area contributed by atoms with Gasteiger partial charge in [-0.15, -0.1) is 0 Å². The third-order valence-corrected chi connectivity index (χ3v) is 4.84. The van der Waals surface area contributed by atoms with Crippen molar-refractivity contribution in [2.24, 2.45) is 0 Å². The van der Waals surface area contributed by atoms with Crippen LogP contribution in [0.2, 0.25) is 0 Å². The highest BCUT2D eigenvalue weighted by Gasteiger charge is 2.15. The summed E-state index contributed by atoms with van der Waals surface area (Å²) in [4.78, 5) is 7.03. The smallest absolute Gasteiger partial charge is 0.143 e. The average molecular weight is 356 g/mol. The summed E-state index contributed by atoms with van der Waals surface area (Å²) in [7, 11) is 4.10. The van der Waals surface area contributed by atoms with E-state index in [1.165, 1.54) is 16.8 Å². The van der Waals surface area contributed by atoms with Crippen molar-refractivity contribution in [1.82, 2.24) is 9.38 Å². The molecule has 0 bridgehead atoms. The van der Waals surface area contributed by atoms with E-state index in [0.717, 1.165) is 28.4 Å². The Balaban J connectivity index is 1.87. The Hall–Kier alpha value is -3.27. The van der Waals surface area contributed by atoms with Crippen LogP contribution < -0.4 is 10.2 Å². The van der Waals surface area contributed by atoms with E-state index in [1.54, 1.807) is 0 Å². The summed E-state index contributed by atoms with van der Waals surface area (Å²) in [5.74, 6) is 0.983. The summed E-state index contributed by atoms with van der Waals surface area (Å²) in [5, 5.41) is 3.61. The number of imidazole rings is 1. The number of hydrogen-bond donors (Lipinski definition) is 1. The fourth-order valence-corrected chi connectivity index (χ4v) is 3.23. The number of rotatable bonds is 4. The van der Waals surface area contributed by atoms with Gasteiger partial charge in [0.15, 0.2) is 0 Å². The SMILES string of the molecule is Cc1ccn2c(Nc3ccccc3C)c(-c3ccc(N(C)C)cc3)nc2c1. The lowest BCUT2D eigenvalue weighted by Gasteiger charge is -2.14. The van der Waals surface area contributed by atoms with Gasteiger partial charge in [0.1, 0.15) is 17.2 Å². The molecule has 136 valence electrons. The molecule has 2 aromatic carbocycles. The van der Waals surface area contributed by atoms with E-state index >= 15 is 0 Å². The maximum absolute atomic E-state index is 4.93. The quantitative estimate of drug-likeness (QED) is 0.529. The number of aryl methyl sites for hydroxylation is 2. The first kappa shape index (κ1) is 17.2. The molecule has 2 aromatic heterocycles. The molecule has 0 aliphatic carbocycles. The number of aromatic nitrogens is 2. The van der Waals surface area contributed by atoms with Gasteiger partial charge in [0.2, 0.25) is 0 Å². The molecular weight excluding hydrogens is 332 g/mol. The molecule has 4 nitrogen and oxygen atoms in total. The van der Waals surface area contributed by atoms with Crippen LogP contribution in [0.4, 0.5) is 17.2 Å². The maximum atomic E-state index is 4.93. The zero-order valence-electron chi connectivity index (χ0n) is 16.2. The van der Waals surface area contributed by atoms with Crippen LogP contribution in [0.5, 0.6) is 0 Å². The van der Waals surface area contributed by atoms with Crippen LogP contribution in [0, 0.1) is 13.8 Å². The number of para-hydroxylation sites is 1.